The summed E-state index contributed by atoms with van der Waals surface area (Å²) in [7, 11) is 0. The molecular formula is C60H40N2O. The highest BCUT2D eigenvalue weighted by Crippen LogP contribution is 2.48. The molecule has 63 heavy (non-hydrogen) atoms. The highest BCUT2D eigenvalue weighted by molar-refractivity contribution is 6.14. The van der Waals surface area contributed by atoms with Crippen molar-refractivity contribution in [2.75, 3.05) is 4.90 Å². The Morgan fingerprint density at radius 2 is 0.841 bits per heavy atom. The van der Waals surface area contributed by atoms with Gasteiger partial charge in [-0.1, -0.05) is 176 Å². The van der Waals surface area contributed by atoms with E-state index in [-0.39, 0.29) is 0 Å². The molecule has 3 heteroatoms. The van der Waals surface area contributed by atoms with Gasteiger partial charge in [0, 0.05) is 44.2 Å². The lowest BCUT2D eigenvalue weighted by molar-refractivity contribution is 0.670. The fraction of sp³-hybridized carbons (Fsp3) is 0. The maximum absolute atomic E-state index is 6.93. The predicted octanol–water partition coefficient (Wildman–Crippen LogP) is 16.8. The van der Waals surface area contributed by atoms with E-state index in [4.69, 9.17) is 4.42 Å². The summed E-state index contributed by atoms with van der Waals surface area (Å²) in [5.41, 5.74) is 17.4. The molecule has 0 aliphatic heterocycles. The number of nitrogens with zero attached hydrogens (tertiary/aromatic N) is 2. The first-order valence-corrected chi connectivity index (χ1v) is 21.5. The van der Waals surface area contributed by atoms with Gasteiger partial charge in [-0.25, -0.2) is 0 Å². The average molecular weight is 805 g/mol. The molecule has 0 saturated carbocycles. The van der Waals surface area contributed by atoms with Crippen LogP contribution in [0.2, 0.25) is 0 Å². The minimum absolute atomic E-state index is 0.855. The lowest BCUT2D eigenvalue weighted by Crippen LogP contribution is -2.12. The molecular weight excluding hydrogens is 765 g/mol. The fourth-order valence-corrected chi connectivity index (χ4v) is 9.48. The summed E-state index contributed by atoms with van der Waals surface area (Å²) in [6, 6.07) is 87.1. The smallest absolute Gasteiger partial charge is 0.145 e. The summed E-state index contributed by atoms with van der Waals surface area (Å²) in [6.45, 7) is 0. The van der Waals surface area contributed by atoms with Crippen LogP contribution in [0.25, 0.3) is 93.9 Å². The van der Waals surface area contributed by atoms with Crippen molar-refractivity contribution in [2.24, 2.45) is 0 Å². The number of benzene rings is 10. The van der Waals surface area contributed by atoms with Crippen LogP contribution in [0.15, 0.2) is 247 Å². The second-order valence-electron chi connectivity index (χ2n) is 16.1. The minimum atomic E-state index is 0.855. The van der Waals surface area contributed by atoms with E-state index in [1.807, 2.05) is 6.07 Å². The van der Waals surface area contributed by atoms with E-state index in [0.717, 1.165) is 72.5 Å². The number of hydrogen-bond donors (Lipinski definition) is 0. The Labute approximate surface area is 366 Å². The Morgan fingerprint density at radius 1 is 0.333 bits per heavy atom. The topological polar surface area (TPSA) is 21.3 Å². The van der Waals surface area contributed by atoms with Crippen molar-refractivity contribution in [1.29, 1.82) is 0 Å². The molecule has 0 aliphatic carbocycles. The van der Waals surface area contributed by atoms with Gasteiger partial charge in [-0.15, -0.1) is 0 Å². The maximum Gasteiger partial charge on any atom is 0.145 e. The molecule has 0 bridgehead atoms. The third-order valence-electron chi connectivity index (χ3n) is 12.4. The van der Waals surface area contributed by atoms with Crippen molar-refractivity contribution in [1.82, 2.24) is 4.57 Å². The van der Waals surface area contributed by atoms with Crippen LogP contribution in [-0.2, 0) is 0 Å². The Bertz CT molecular complexity index is 3530. The second-order valence-corrected chi connectivity index (χ2v) is 16.1. The van der Waals surface area contributed by atoms with Crippen molar-refractivity contribution in [3.8, 4) is 50.2 Å². The minimum Gasteiger partial charge on any atom is -0.455 e. The Kier molecular flexibility index (Phi) is 8.83. The van der Waals surface area contributed by atoms with Crippen LogP contribution in [0, 0.1) is 0 Å². The van der Waals surface area contributed by atoms with E-state index in [9.17, 15) is 0 Å². The molecule has 0 fully saturated rings. The monoisotopic (exact) mass is 804 g/mol. The van der Waals surface area contributed by atoms with Crippen LogP contribution in [0.4, 0.5) is 17.1 Å². The van der Waals surface area contributed by atoms with Gasteiger partial charge < -0.3 is 13.9 Å². The first-order chi connectivity index (χ1) is 31.3. The maximum atomic E-state index is 6.93. The molecule has 12 aromatic rings. The standard InChI is InChI=1S/C60H40N2O/c1-4-16-41(17-5-1)42-28-32-46(33-29-42)61(48-36-37-49(43-18-6-2-7-19-43)54(40-48)44-20-8-3-9-21-44)57-39-38-53-52-24-12-15-27-58(52)63-60(53)59(57)45-30-34-47(35-31-45)62-55-25-13-10-22-50(55)51-23-11-14-26-56(51)62/h1-40H. The Hall–Kier alpha value is -8.40. The largest absolute Gasteiger partial charge is 0.455 e. The zero-order valence-electron chi connectivity index (χ0n) is 34.4. The van der Waals surface area contributed by atoms with Gasteiger partial charge in [0.1, 0.15) is 11.2 Å². The SMILES string of the molecule is c1ccc(-c2ccc(N(c3ccc(-c4ccccc4)c(-c4ccccc4)c3)c3ccc4c(oc5ccccc54)c3-c3ccc(-n4c5ccccc5c5ccccc54)cc3)cc2)cc1. The van der Waals surface area contributed by atoms with Gasteiger partial charge in [-0.2, -0.15) is 0 Å². The highest BCUT2D eigenvalue weighted by atomic mass is 16.3. The number of aromatic nitrogens is 1. The van der Waals surface area contributed by atoms with Crippen molar-refractivity contribution >= 4 is 60.8 Å². The van der Waals surface area contributed by atoms with Gasteiger partial charge in [0.2, 0.25) is 0 Å². The third kappa shape index (κ3) is 6.29. The molecule has 0 unspecified atom stereocenters. The summed E-state index contributed by atoms with van der Waals surface area (Å²) >= 11 is 0. The zero-order chi connectivity index (χ0) is 41.7. The third-order valence-corrected chi connectivity index (χ3v) is 12.4. The summed E-state index contributed by atoms with van der Waals surface area (Å²) in [6.07, 6.45) is 0. The van der Waals surface area contributed by atoms with Gasteiger partial charge in [0.15, 0.2) is 0 Å². The van der Waals surface area contributed by atoms with Crippen molar-refractivity contribution in [3.63, 3.8) is 0 Å². The summed E-state index contributed by atoms with van der Waals surface area (Å²) in [5, 5.41) is 4.67. The quantitative estimate of drug-likeness (QED) is 0.153. The molecule has 0 spiro atoms. The predicted molar refractivity (Wildman–Crippen MR) is 264 cm³/mol. The normalized spacial score (nSPS) is 11.5. The van der Waals surface area contributed by atoms with Gasteiger partial charge in [0.25, 0.3) is 0 Å². The van der Waals surface area contributed by atoms with Crippen molar-refractivity contribution in [2.45, 2.75) is 0 Å². The van der Waals surface area contributed by atoms with Crippen molar-refractivity contribution in [3.05, 3.63) is 243 Å². The number of rotatable bonds is 8. The molecule has 0 radical (unpaired) electrons. The highest BCUT2D eigenvalue weighted by Gasteiger charge is 2.24. The molecule has 0 N–H and O–H groups in total. The average Bonchev–Trinajstić information content (AvgIpc) is 3.91. The summed E-state index contributed by atoms with van der Waals surface area (Å²) in [5.74, 6) is 0. The first-order valence-electron chi connectivity index (χ1n) is 21.5. The fourth-order valence-electron chi connectivity index (χ4n) is 9.48. The molecule has 12 rings (SSSR count). The van der Waals surface area contributed by atoms with E-state index in [1.165, 1.54) is 38.5 Å². The van der Waals surface area contributed by atoms with Crippen LogP contribution in [0.1, 0.15) is 0 Å². The second kappa shape index (κ2) is 15.3. The molecule has 0 atom stereocenters. The van der Waals surface area contributed by atoms with Crippen LogP contribution >= 0.6 is 0 Å². The number of furan rings is 1. The Balaban J connectivity index is 1.10. The number of anilines is 3. The summed E-state index contributed by atoms with van der Waals surface area (Å²) in [4.78, 5) is 2.40. The molecule has 0 amide bonds. The molecule has 2 heterocycles. The first kappa shape index (κ1) is 36.5. The lowest BCUT2D eigenvalue weighted by Gasteiger charge is -2.29. The molecule has 0 saturated heterocycles. The van der Waals surface area contributed by atoms with Gasteiger partial charge in [-0.3, -0.25) is 0 Å². The van der Waals surface area contributed by atoms with E-state index in [1.54, 1.807) is 0 Å². The Morgan fingerprint density at radius 3 is 1.49 bits per heavy atom. The van der Waals surface area contributed by atoms with E-state index < -0.39 is 0 Å². The van der Waals surface area contributed by atoms with Gasteiger partial charge >= 0.3 is 0 Å². The number of hydrogen-bond acceptors (Lipinski definition) is 2. The molecule has 10 aromatic carbocycles. The van der Waals surface area contributed by atoms with E-state index in [2.05, 4.69) is 246 Å². The van der Waals surface area contributed by atoms with E-state index in [0.29, 0.717) is 0 Å². The van der Waals surface area contributed by atoms with Gasteiger partial charge in [-0.05, 0) is 106 Å². The summed E-state index contributed by atoms with van der Waals surface area (Å²) < 4.78 is 9.31. The van der Waals surface area contributed by atoms with Gasteiger partial charge in [0.05, 0.1) is 16.7 Å². The van der Waals surface area contributed by atoms with Crippen LogP contribution in [0.3, 0.4) is 0 Å². The van der Waals surface area contributed by atoms with E-state index >= 15 is 0 Å². The van der Waals surface area contributed by atoms with Crippen LogP contribution in [0.5, 0.6) is 0 Å². The molecule has 3 nitrogen and oxygen atoms in total. The number of fused-ring (bicyclic) bond motifs is 6. The molecule has 296 valence electrons. The number of para-hydroxylation sites is 3. The van der Waals surface area contributed by atoms with Crippen LogP contribution in [-0.4, -0.2) is 4.57 Å². The zero-order valence-corrected chi connectivity index (χ0v) is 34.4. The van der Waals surface area contributed by atoms with Crippen LogP contribution < -0.4 is 4.90 Å². The lowest BCUT2D eigenvalue weighted by atomic mass is 9.93. The molecule has 0 aliphatic rings. The molecule has 2 aromatic heterocycles. The van der Waals surface area contributed by atoms with Crippen molar-refractivity contribution < 1.29 is 4.42 Å².